The predicted octanol–water partition coefficient (Wildman–Crippen LogP) is -0.971. The Kier molecular flexibility index (Phi) is 4.60. The summed E-state index contributed by atoms with van der Waals surface area (Å²) in [5.74, 6) is -0.304. The number of ether oxygens (including phenoxy) is 2. The molecule has 23 heavy (non-hydrogen) atoms. The molecule has 0 spiro atoms. The summed E-state index contributed by atoms with van der Waals surface area (Å²) in [6.45, 7) is 0.144. The minimum Gasteiger partial charge on any atom is -0.396 e. The molecule has 2 aromatic rings. The number of hydrogen-bond donors (Lipinski definition) is 3. The molecule has 0 aliphatic carbocycles. The third-order valence-corrected chi connectivity index (χ3v) is 4.16. The summed E-state index contributed by atoms with van der Waals surface area (Å²) in [6, 6.07) is 0. The van der Waals surface area contributed by atoms with Crippen molar-refractivity contribution >= 4 is 26.6 Å². The fraction of sp³-hybridized carbons (Fsp3) is 0.583. The molecule has 1 saturated heterocycles. The van der Waals surface area contributed by atoms with E-state index in [2.05, 4.69) is 24.4 Å². The van der Waals surface area contributed by atoms with Crippen LogP contribution in [0.4, 0.5) is 5.95 Å². The minimum atomic E-state index is -0.610. The van der Waals surface area contributed by atoms with E-state index in [0.717, 1.165) is 0 Å². The second kappa shape index (κ2) is 6.50. The van der Waals surface area contributed by atoms with Crippen molar-refractivity contribution in [3.63, 3.8) is 0 Å². The molecule has 3 heterocycles. The van der Waals surface area contributed by atoms with Crippen molar-refractivity contribution in [1.29, 1.82) is 0 Å². The zero-order valence-electron chi connectivity index (χ0n) is 12.4. The summed E-state index contributed by atoms with van der Waals surface area (Å²) in [5.41, 5.74) is 5.63. The summed E-state index contributed by atoms with van der Waals surface area (Å²) in [4.78, 5) is 22.5. The Labute approximate surface area is 133 Å². The first-order valence-corrected chi connectivity index (χ1v) is 7.41. The number of nitrogen functional groups attached to an aromatic ring is 1. The quantitative estimate of drug-likeness (QED) is 0.590. The number of rotatable bonds is 5. The molecule has 11 heteroatoms. The molecule has 0 aromatic carbocycles. The fourth-order valence-corrected chi connectivity index (χ4v) is 3.09. The number of aliphatic hydroxyl groups is 1. The molecular formula is C12H18N5O5P. The molecule has 1 aliphatic rings. The van der Waals surface area contributed by atoms with Crippen LogP contribution in [-0.4, -0.2) is 57.2 Å². The van der Waals surface area contributed by atoms with Gasteiger partial charge in [0, 0.05) is 22.5 Å². The Morgan fingerprint density at radius 1 is 1.61 bits per heavy atom. The second-order valence-corrected chi connectivity index (χ2v) is 5.55. The third kappa shape index (κ3) is 2.73. The SMILES string of the molecule is COC1C(CO)C(COP)OC1n1cnc2c(=O)[nH]c(N)nc21. The van der Waals surface area contributed by atoms with Gasteiger partial charge >= 0.3 is 0 Å². The number of aromatic amines is 1. The Bertz CT molecular complexity index is 749. The van der Waals surface area contributed by atoms with Crippen LogP contribution in [0, 0.1) is 5.92 Å². The number of hydrogen-bond acceptors (Lipinski definition) is 8. The van der Waals surface area contributed by atoms with Gasteiger partial charge in [0.25, 0.3) is 5.56 Å². The second-order valence-electron chi connectivity index (χ2n) is 5.22. The van der Waals surface area contributed by atoms with E-state index in [1.807, 2.05) is 0 Å². The van der Waals surface area contributed by atoms with Crippen molar-refractivity contribution in [3.8, 4) is 0 Å². The maximum absolute atomic E-state index is 11.9. The number of nitrogens with one attached hydrogen (secondary N) is 1. The van der Waals surface area contributed by atoms with E-state index >= 15 is 0 Å². The van der Waals surface area contributed by atoms with Gasteiger partial charge in [0.2, 0.25) is 5.95 Å². The van der Waals surface area contributed by atoms with Crippen LogP contribution in [0.1, 0.15) is 6.23 Å². The van der Waals surface area contributed by atoms with Crippen LogP contribution in [0.15, 0.2) is 11.1 Å². The monoisotopic (exact) mass is 343 g/mol. The van der Waals surface area contributed by atoms with Crippen molar-refractivity contribution in [1.82, 2.24) is 19.5 Å². The number of fused-ring (bicyclic) bond motifs is 1. The Morgan fingerprint density at radius 2 is 2.39 bits per heavy atom. The van der Waals surface area contributed by atoms with Gasteiger partial charge < -0.3 is 24.8 Å². The van der Waals surface area contributed by atoms with Crippen LogP contribution in [0.5, 0.6) is 0 Å². The molecule has 4 N–H and O–H groups in total. The number of H-pyrrole nitrogens is 1. The normalized spacial score (nSPS) is 27.8. The van der Waals surface area contributed by atoms with Crippen LogP contribution in [0.25, 0.3) is 11.2 Å². The molecule has 1 aliphatic heterocycles. The number of methoxy groups -OCH3 is 1. The standard InChI is InChI=1S/C12H18N5O5P/c1-20-8-5(2-18)6(3-21-23)22-11(8)17-4-14-7-9(17)15-12(13)16-10(7)19/h4-6,8,11,18H,2-3,23H2,1H3,(H3,13,15,16,19). The maximum Gasteiger partial charge on any atom is 0.280 e. The highest BCUT2D eigenvalue weighted by Gasteiger charge is 2.46. The van der Waals surface area contributed by atoms with Gasteiger partial charge in [-0.1, -0.05) is 0 Å². The van der Waals surface area contributed by atoms with Crippen LogP contribution < -0.4 is 11.3 Å². The van der Waals surface area contributed by atoms with E-state index in [-0.39, 0.29) is 36.7 Å². The van der Waals surface area contributed by atoms with Crippen molar-refractivity contribution in [3.05, 3.63) is 16.7 Å². The Balaban J connectivity index is 2.05. The van der Waals surface area contributed by atoms with Crippen LogP contribution in [-0.2, 0) is 14.0 Å². The fourth-order valence-electron chi connectivity index (χ4n) is 2.90. The first-order valence-electron chi connectivity index (χ1n) is 6.93. The van der Waals surface area contributed by atoms with E-state index in [9.17, 15) is 9.90 Å². The maximum atomic E-state index is 11.9. The Morgan fingerprint density at radius 3 is 3.04 bits per heavy atom. The van der Waals surface area contributed by atoms with Crippen molar-refractivity contribution in [2.75, 3.05) is 26.1 Å². The van der Waals surface area contributed by atoms with Gasteiger partial charge in [0.15, 0.2) is 17.4 Å². The average Bonchev–Trinajstić information content (AvgIpc) is 3.08. The summed E-state index contributed by atoms with van der Waals surface area (Å²) >= 11 is 0. The highest BCUT2D eigenvalue weighted by atomic mass is 31.0. The van der Waals surface area contributed by atoms with Gasteiger partial charge in [-0.25, -0.2) is 4.98 Å². The topological polar surface area (TPSA) is 138 Å². The molecule has 126 valence electrons. The molecule has 1 fully saturated rings. The van der Waals surface area contributed by atoms with E-state index in [1.165, 1.54) is 13.4 Å². The van der Waals surface area contributed by atoms with Gasteiger partial charge in [0.05, 0.1) is 25.6 Å². The smallest absolute Gasteiger partial charge is 0.280 e. The molecule has 3 rings (SSSR count). The van der Waals surface area contributed by atoms with Crippen LogP contribution >= 0.6 is 9.47 Å². The van der Waals surface area contributed by atoms with Crippen molar-refractivity contribution in [2.24, 2.45) is 5.92 Å². The highest BCUT2D eigenvalue weighted by molar-refractivity contribution is 7.09. The van der Waals surface area contributed by atoms with E-state index in [1.54, 1.807) is 4.57 Å². The molecule has 0 bridgehead atoms. The summed E-state index contributed by atoms with van der Waals surface area (Å²) in [5, 5.41) is 9.64. The number of aromatic nitrogens is 4. The zero-order valence-corrected chi connectivity index (χ0v) is 13.5. The lowest BCUT2D eigenvalue weighted by Gasteiger charge is -2.21. The molecular weight excluding hydrogens is 325 g/mol. The number of nitrogens with two attached hydrogens (primary N) is 1. The van der Waals surface area contributed by atoms with Crippen LogP contribution in [0.2, 0.25) is 0 Å². The largest absolute Gasteiger partial charge is 0.396 e. The van der Waals surface area contributed by atoms with E-state index < -0.39 is 17.9 Å². The zero-order chi connectivity index (χ0) is 16.6. The Hall–Kier alpha value is -1.58. The lowest BCUT2D eigenvalue weighted by atomic mass is 9.99. The number of imidazole rings is 1. The number of aliphatic hydroxyl groups excluding tert-OH is 1. The molecule has 10 nitrogen and oxygen atoms in total. The molecule has 2 aromatic heterocycles. The predicted molar refractivity (Wildman–Crippen MR) is 83.5 cm³/mol. The lowest BCUT2D eigenvalue weighted by molar-refractivity contribution is -0.0548. The first-order chi connectivity index (χ1) is 11.1. The van der Waals surface area contributed by atoms with E-state index in [4.69, 9.17) is 19.7 Å². The average molecular weight is 343 g/mol. The van der Waals surface area contributed by atoms with Gasteiger partial charge in [-0.2, -0.15) is 4.98 Å². The van der Waals surface area contributed by atoms with Crippen molar-refractivity contribution < 1.29 is 19.1 Å². The van der Waals surface area contributed by atoms with Crippen molar-refractivity contribution in [2.45, 2.75) is 18.4 Å². The molecule has 0 amide bonds. The van der Waals surface area contributed by atoms with Crippen LogP contribution in [0.3, 0.4) is 0 Å². The van der Waals surface area contributed by atoms with Gasteiger partial charge in [-0.05, 0) is 0 Å². The minimum absolute atomic E-state index is 0.0141. The van der Waals surface area contributed by atoms with Gasteiger partial charge in [0.1, 0.15) is 6.10 Å². The first kappa shape index (κ1) is 16.3. The highest BCUT2D eigenvalue weighted by Crippen LogP contribution is 2.37. The molecule has 5 atom stereocenters. The molecule has 0 saturated carbocycles. The molecule has 5 unspecified atom stereocenters. The number of anilines is 1. The summed E-state index contributed by atoms with van der Waals surface area (Å²) in [6.07, 6.45) is 0.0107. The summed E-state index contributed by atoms with van der Waals surface area (Å²) < 4.78 is 18.1. The number of nitrogens with zero attached hydrogens (tertiary/aromatic N) is 3. The molecule has 0 radical (unpaired) electrons. The summed E-state index contributed by atoms with van der Waals surface area (Å²) in [7, 11) is 3.68. The van der Waals surface area contributed by atoms with Gasteiger partial charge in [-0.3, -0.25) is 14.3 Å². The van der Waals surface area contributed by atoms with E-state index in [0.29, 0.717) is 5.65 Å². The lowest BCUT2D eigenvalue weighted by Crippen LogP contribution is -2.32. The van der Waals surface area contributed by atoms with Gasteiger partial charge in [-0.15, -0.1) is 0 Å². The third-order valence-electron chi connectivity index (χ3n) is 3.96.